The Balaban J connectivity index is 1.47. The van der Waals surface area contributed by atoms with E-state index >= 15 is 0 Å². The largest absolute Gasteiger partial charge is 0.370 e. The quantitative estimate of drug-likeness (QED) is 0.752. The highest BCUT2D eigenvalue weighted by Gasteiger charge is 2.33. The Morgan fingerprint density at radius 2 is 1.76 bits per heavy atom. The van der Waals surface area contributed by atoms with Crippen LogP contribution in [0.4, 0.5) is 0 Å². The van der Waals surface area contributed by atoms with Crippen molar-refractivity contribution in [1.29, 1.82) is 0 Å². The van der Waals surface area contributed by atoms with Gasteiger partial charge >= 0.3 is 0 Å². The molecule has 2 aliphatic rings. The summed E-state index contributed by atoms with van der Waals surface area (Å²) in [6.07, 6.45) is 7.80. The van der Waals surface area contributed by atoms with Gasteiger partial charge in [-0.3, -0.25) is 14.7 Å². The molecule has 29 heavy (non-hydrogen) atoms. The third-order valence-electron chi connectivity index (χ3n) is 6.00. The summed E-state index contributed by atoms with van der Waals surface area (Å²) < 4.78 is 6.33. The molecule has 1 saturated heterocycles. The summed E-state index contributed by atoms with van der Waals surface area (Å²) in [7, 11) is 0. The molecule has 1 unspecified atom stereocenters. The number of rotatable bonds is 6. The van der Waals surface area contributed by atoms with E-state index in [2.05, 4.69) is 26.9 Å². The first-order valence-electron chi connectivity index (χ1n) is 10.9. The highest BCUT2D eigenvalue weighted by Crippen LogP contribution is 2.25. The number of carbonyl (C=O) groups excluding carboxylic acids is 1. The van der Waals surface area contributed by atoms with Gasteiger partial charge in [0, 0.05) is 31.9 Å². The van der Waals surface area contributed by atoms with E-state index in [-0.39, 0.29) is 12.0 Å². The van der Waals surface area contributed by atoms with Crippen LogP contribution in [0.3, 0.4) is 0 Å². The van der Waals surface area contributed by atoms with Crippen LogP contribution in [-0.4, -0.2) is 52.5 Å². The van der Waals surface area contributed by atoms with Crippen LogP contribution < -0.4 is 0 Å². The summed E-state index contributed by atoms with van der Waals surface area (Å²) >= 11 is 0. The van der Waals surface area contributed by atoms with Crippen molar-refractivity contribution >= 4 is 5.91 Å². The highest BCUT2D eigenvalue weighted by atomic mass is 16.5. The van der Waals surface area contributed by atoms with Crippen molar-refractivity contribution in [2.75, 3.05) is 19.6 Å². The van der Waals surface area contributed by atoms with Gasteiger partial charge in [-0.25, -0.2) is 0 Å². The molecule has 0 bridgehead atoms. The predicted molar refractivity (Wildman–Crippen MR) is 113 cm³/mol. The van der Waals surface area contributed by atoms with Crippen LogP contribution in [0.1, 0.15) is 43.4 Å². The summed E-state index contributed by atoms with van der Waals surface area (Å²) in [6, 6.07) is 16.6. The first-order valence-corrected chi connectivity index (χ1v) is 10.9. The molecular weight excluding hydrogens is 362 g/mol. The van der Waals surface area contributed by atoms with E-state index in [9.17, 15) is 4.79 Å². The molecule has 2 heterocycles. The lowest BCUT2D eigenvalue weighted by molar-refractivity contribution is -0.135. The Kier molecular flexibility index (Phi) is 6.91. The molecule has 1 aliphatic heterocycles. The maximum atomic E-state index is 13.1. The van der Waals surface area contributed by atoms with E-state index in [1.807, 2.05) is 42.6 Å². The van der Waals surface area contributed by atoms with Crippen molar-refractivity contribution in [2.24, 2.45) is 0 Å². The second-order valence-electron chi connectivity index (χ2n) is 8.25. The van der Waals surface area contributed by atoms with Crippen LogP contribution in [0, 0.1) is 0 Å². The maximum absolute atomic E-state index is 13.1. The minimum absolute atomic E-state index is 0.00675. The average molecular weight is 394 g/mol. The molecule has 5 heteroatoms. The van der Waals surface area contributed by atoms with E-state index in [4.69, 9.17) is 4.74 Å². The molecule has 5 nitrogen and oxygen atoms in total. The number of ether oxygens (including phenoxy) is 1. The van der Waals surface area contributed by atoms with Crippen LogP contribution in [-0.2, 0) is 22.7 Å². The number of benzene rings is 1. The molecule has 1 saturated carbocycles. The standard InChI is InChI=1S/C24H31N3O2/c28-24-18-26(15-21-11-7-8-14-25-21)16-23(29-19-20-9-3-1-4-10-20)17-27(24)22-12-5-2-6-13-22/h1,3-4,7-11,14,22-23H,2,5-6,12-13,15-19H2. The number of pyridine rings is 1. The number of carbonyl (C=O) groups is 1. The van der Waals surface area contributed by atoms with Gasteiger partial charge in [0.1, 0.15) is 0 Å². The monoisotopic (exact) mass is 393 g/mol. The normalized spacial score (nSPS) is 21.9. The predicted octanol–water partition coefficient (Wildman–Crippen LogP) is 3.64. The van der Waals surface area contributed by atoms with Crippen molar-refractivity contribution in [3.05, 3.63) is 66.0 Å². The van der Waals surface area contributed by atoms with Crippen molar-refractivity contribution in [1.82, 2.24) is 14.8 Å². The molecule has 1 aromatic carbocycles. The summed E-state index contributed by atoms with van der Waals surface area (Å²) in [5, 5.41) is 0. The number of hydrogen-bond donors (Lipinski definition) is 0. The molecule has 1 aromatic heterocycles. The van der Waals surface area contributed by atoms with Gasteiger partial charge in [-0.2, -0.15) is 0 Å². The third kappa shape index (κ3) is 5.64. The van der Waals surface area contributed by atoms with Crippen molar-refractivity contribution < 1.29 is 9.53 Å². The van der Waals surface area contributed by atoms with Crippen molar-refractivity contribution in [3.8, 4) is 0 Å². The van der Waals surface area contributed by atoms with E-state index < -0.39 is 0 Å². The molecule has 1 atom stereocenters. The van der Waals surface area contributed by atoms with Crippen LogP contribution in [0.25, 0.3) is 0 Å². The molecule has 1 amide bonds. The van der Waals surface area contributed by atoms with E-state index in [1.165, 1.54) is 24.8 Å². The number of nitrogens with zero attached hydrogens (tertiary/aromatic N) is 3. The fourth-order valence-corrected chi connectivity index (χ4v) is 4.49. The Labute approximate surface area is 173 Å². The zero-order chi connectivity index (χ0) is 19.9. The zero-order valence-electron chi connectivity index (χ0n) is 17.1. The topological polar surface area (TPSA) is 45.7 Å². The van der Waals surface area contributed by atoms with Gasteiger partial charge in [0.25, 0.3) is 0 Å². The van der Waals surface area contributed by atoms with Gasteiger partial charge < -0.3 is 9.64 Å². The summed E-state index contributed by atoms with van der Waals surface area (Å²) in [5.74, 6) is 0.235. The molecule has 0 spiro atoms. The van der Waals surface area contributed by atoms with Gasteiger partial charge in [-0.15, -0.1) is 0 Å². The lowest BCUT2D eigenvalue weighted by atomic mass is 9.94. The van der Waals surface area contributed by atoms with Crippen LogP contribution in [0.15, 0.2) is 54.7 Å². The summed E-state index contributed by atoms with van der Waals surface area (Å²) in [4.78, 5) is 21.9. The molecule has 2 aromatic rings. The van der Waals surface area contributed by atoms with Gasteiger partial charge in [-0.1, -0.05) is 55.7 Å². The number of hydrogen-bond acceptors (Lipinski definition) is 4. The Morgan fingerprint density at radius 1 is 0.966 bits per heavy atom. The fraction of sp³-hybridized carbons (Fsp3) is 0.500. The van der Waals surface area contributed by atoms with Crippen molar-refractivity contribution in [2.45, 2.75) is 57.4 Å². The van der Waals surface area contributed by atoms with Crippen molar-refractivity contribution in [3.63, 3.8) is 0 Å². The fourth-order valence-electron chi connectivity index (χ4n) is 4.49. The molecule has 0 N–H and O–H groups in total. The van der Waals surface area contributed by atoms with Crippen LogP contribution in [0.5, 0.6) is 0 Å². The molecular formula is C24H31N3O2. The van der Waals surface area contributed by atoms with E-state index in [0.29, 0.717) is 32.3 Å². The number of amides is 1. The van der Waals surface area contributed by atoms with Gasteiger partial charge in [0.2, 0.25) is 5.91 Å². The van der Waals surface area contributed by atoms with E-state index in [1.54, 1.807) is 0 Å². The summed E-state index contributed by atoms with van der Waals surface area (Å²) in [6.45, 7) is 3.14. The summed E-state index contributed by atoms with van der Waals surface area (Å²) in [5.41, 5.74) is 2.16. The first-order chi connectivity index (χ1) is 14.3. The van der Waals surface area contributed by atoms with Gasteiger partial charge in [0.15, 0.2) is 0 Å². The SMILES string of the molecule is O=C1CN(Cc2ccccn2)CC(OCc2ccccc2)CN1C1CCCCC1. The molecule has 1 aliphatic carbocycles. The Morgan fingerprint density at radius 3 is 2.52 bits per heavy atom. The zero-order valence-corrected chi connectivity index (χ0v) is 17.1. The van der Waals surface area contributed by atoms with Crippen LogP contribution >= 0.6 is 0 Å². The smallest absolute Gasteiger partial charge is 0.237 e. The minimum Gasteiger partial charge on any atom is -0.370 e. The Hall–Kier alpha value is -2.24. The highest BCUT2D eigenvalue weighted by molar-refractivity contribution is 5.79. The molecule has 154 valence electrons. The Bertz CT molecular complexity index is 762. The average Bonchev–Trinajstić information content (AvgIpc) is 2.92. The lowest BCUT2D eigenvalue weighted by Gasteiger charge is -2.35. The van der Waals surface area contributed by atoms with Crippen LogP contribution in [0.2, 0.25) is 0 Å². The second-order valence-corrected chi connectivity index (χ2v) is 8.25. The number of aromatic nitrogens is 1. The maximum Gasteiger partial charge on any atom is 0.237 e. The van der Waals surface area contributed by atoms with E-state index in [0.717, 1.165) is 25.1 Å². The van der Waals surface area contributed by atoms with Gasteiger partial charge in [0.05, 0.1) is 24.9 Å². The molecule has 2 fully saturated rings. The lowest BCUT2D eigenvalue weighted by Crippen LogP contribution is -2.45. The third-order valence-corrected chi connectivity index (χ3v) is 6.00. The minimum atomic E-state index is 0.00675. The molecule has 0 radical (unpaired) electrons. The second kappa shape index (κ2) is 9.99. The first kappa shape index (κ1) is 20.0. The van der Waals surface area contributed by atoms with Gasteiger partial charge in [-0.05, 0) is 30.5 Å². The molecule has 4 rings (SSSR count).